The van der Waals surface area contributed by atoms with Gasteiger partial charge in [0.15, 0.2) is 0 Å². The SMILES string of the molecule is CC(/C=C/C=C(C)/C=C/C1=CCCCC1)=C\C=O. The summed E-state index contributed by atoms with van der Waals surface area (Å²) in [5, 5.41) is 0. The lowest BCUT2D eigenvalue weighted by atomic mass is 9.99. The standard InChI is InChI=1S/C17H22O/c1-15(7-6-8-16(2)13-14-18)11-12-17-9-4-3-5-10-17/h6-9,11-14H,3-5,10H2,1-2H3/b8-6+,12-11+,15-7+,16-13+. The van der Waals surface area contributed by atoms with E-state index in [4.69, 9.17) is 0 Å². The molecule has 0 bridgehead atoms. The molecule has 0 saturated carbocycles. The normalized spacial score (nSPS) is 18.4. The van der Waals surface area contributed by atoms with Crippen molar-refractivity contribution in [1.82, 2.24) is 0 Å². The van der Waals surface area contributed by atoms with E-state index < -0.39 is 0 Å². The molecule has 0 radical (unpaired) electrons. The molecule has 0 aromatic rings. The first-order valence-electron chi connectivity index (χ1n) is 6.56. The summed E-state index contributed by atoms with van der Waals surface area (Å²) in [6.45, 7) is 4.00. The van der Waals surface area contributed by atoms with E-state index in [1.54, 1.807) is 6.08 Å². The van der Waals surface area contributed by atoms with Gasteiger partial charge in [-0.2, -0.15) is 0 Å². The summed E-state index contributed by atoms with van der Waals surface area (Å²) in [7, 11) is 0. The van der Waals surface area contributed by atoms with Crippen molar-refractivity contribution < 1.29 is 4.79 Å². The Bertz CT molecular complexity index is 417. The van der Waals surface area contributed by atoms with Crippen LogP contribution >= 0.6 is 0 Å². The lowest BCUT2D eigenvalue weighted by molar-refractivity contribution is -0.104. The van der Waals surface area contributed by atoms with Gasteiger partial charge >= 0.3 is 0 Å². The smallest absolute Gasteiger partial charge is 0.143 e. The van der Waals surface area contributed by atoms with Crippen LogP contribution in [0.3, 0.4) is 0 Å². The fourth-order valence-corrected chi connectivity index (χ4v) is 1.82. The van der Waals surface area contributed by atoms with Crippen LogP contribution in [0.25, 0.3) is 0 Å². The Morgan fingerprint density at radius 2 is 1.89 bits per heavy atom. The maximum absolute atomic E-state index is 10.2. The van der Waals surface area contributed by atoms with Gasteiger partial charge in [0, 0.05) is 0 Å². The van der Waals surface area contributed by atoms with Gasteiger partial charge in [-0.1, -0.05) is 47.6 Å². The molecule has 0 unspecified atom stereocenters. The molecule has 0 aromatic carbocycles. The van der Waals surface area contributed by atoms with Gasteiger partial charge in [-0.05, 0) is 51.2 Å². The number of carbonyl (C=O) groups excluding carboxylic acids is 1. The second-order valence-electron chi connectivity index (χ2n) is 4.67. The zero-order valence-electron chi connectivity index (χ0n) is 11.4. The van der Waals surface area contributed by atoms with Crippen LogP contribution in [0, 0.1) is 0 Å². The van der Waals surface area contributed by atoms with E-state index in [1.807, 2.05) is 19.1 Å². The predicted molar refractivity (Wildman–Crippen MR) is 78.4 cm³/mol. The summed E-state index contributed by atoms with van der Waals surface area (Å²) in [5.41, 5.74) is 3.64. The average Bonchev–Trinajstić information content (AvgIpc) is 2.38. The van der Waals surface area contributed by atoms with E-state index in [-0.39, 0.29) is 0 Å². The summed E-state index contributed by atoms with van der Waals surface area (Å²) < 4.78 is 0. The van der Waals surface area contributed by atoms with Crippen molar-refractivity contribution >= 4 is 6.29 Å². The van der Waals surface area contributed by atoms with Crippen molar-refractivity contribution in [3.8, 4) is 0 Å². The fraction of sp³-hybridized carbons (Fsp3) is 0.353. The van der Waals surface area contributed by atoms with Gasteiger partial charge < -0.3 is 0 Å². The number of rotatable bonds is 5. The van der Waals surface area contributed by atoms with Crippen LogP contribution in [0.15, 0.2) is 59.3 Å². The van der Waals surface area contributed by atoms with Crippen molar-refractivity contribution in [2.45, 2.75) is 39.5 Å². The minimum atomic E-state index is 0.811. The Hall–Kier alpha value is -1.63. The van der Waals surface area contributed by atoms with Gasteiger partial charge in [-0.25, -0.2) is 0 Å². The molecule has 0 saturated heterocycles. The van der Waals surface area contributed by atoms with Gasteiger partial charge in [0.2, 0.25) is 0 Å². The third kappa shape index (κ3) is 6.19. The second-order valence-corrected chi connectivity index (χ2v) is 4.67. The van der Waals surface area contributed by atoms with Gasteiger partial charge in [-0.3, -0.25) is 4.79 Å². The molecule has 1 aliphatic rings. The topological polar surface area (TPSA) is 17.1 Å². The van der Waals surface area contributed by atoms with Gasteiger partial charge in [0.25, 0.3) is 0 Å². The number of aldehydes is 1. The van der Waals surface area contributed by atoms with Gasteiger partial charge in [-0.15, -0.1) is 0 Å². The van der Waals surface area contributed by atoms with Crippen LogP contribution in [0.5, 0.6) is 0 Å². The molecular weight excluding hydrogens is 220 g/mol. The van der Waals surface area contributed by atoms with Crippen molar-refractivity contribution in [2.24, 2.45) is 0 Å². The molecule has 1 nitrogen and oxygen atoms in total. The van der Waals surface area contributed by atoms with Crippen LogP contribution in [0.4, 0.5) is 0 Å². The first-order valence-corrected chi connectivity index (χ1v) is 6.56. The van der Waals surface area contributed by atoms with Crippen molar-refractivity contribution in [1.29, 1.82) is 0 Å². The molecule has 96 valence electrons. The van der Waals surface area contributed by atoms with Crippen LogP contribution in [-0.2, 0) is 4.79 Å². The van der Waals surface area contributed by atoms with E-state index in [0.717, 1.165) is 11.9 Å². The number of hydrogen-bond acceptors (Lipinski definition) is 1. The molecule has 0 heterocycles. The van der Waals surface area contributed by atoms with E-state index in [0.29, 0.717) is 0 Å². The molecule has 0 amide bonds. The average molecular weight is 242 g/mol. The number of hydrogen-bond donors (Lipinski definition) is 0. The highest BCUT2D eigenvalue weighted by molar-refractivity contribution is 5.66. The summed E-state index contributed by atoms with van der Waals surface area (Å²) in [4.78, 5) is 10.2. The summed E-state index contributed by atoms with van der Waals surface area (Å²) >= 11 is 0. The molecule has 1 rings (SSSR count). The molecule has 0 aliphatic heterocycles. The van der Waals surface area contributed by atoms with E-state index in [9.17, 15) is 4.79 Å². The van der Waals surface area contributed by atoms with Crippen molar-refractivity contribution in [3.63, 3.8) is 0 Å². The molecule has 18 heavy (non-hydrogen) atoms. The molecule has 0 aromatic heterocycles. The Labute approximate surface area is 110 Å². The van der Waals surface area contributed by atoms with Crippen molar-refractivity contribution in [2.75, 3.05) is 0 Å². The number of carbonyl (C=O) groups is 1. The van der Waals surface area contributed by atoms with E-state index >= 15 is 0 Å². The third-order valence-electron chi connectivity index (χ3n) is 2.94. The predicted octanol–water partition coefficient (Wildman–Crippen LogP) is 4.69. The Morgan fingerprint density at radius 3 is 2.56 bits per heavy atom. The van der Waals surface area contributed by atoms with Crippen molar-refractivity contribution in [3.05, 3.63) is 59.3 Å². The lowest BCUT2D eigenvalue weighted by Crippen LogP contribution is -1.88. The van der Waals surface area contributed by atoms with Crippen LogP contribution in [0.2, 0.25) is 0 Å². The molecule has 0 atom stereocenters. The molecular formula is C17H22O. The Kier molecular flexibility index (Phi) is 6.78. The van der Waals surface area contributed by atoms with Crippen LogP contribution in [0.1, 0.15) is 39.5 Å². The third-order valence-corrected chi connectivity index (χ3v) is 2.94. The quantitative estimate of drug-likeness (QED) is 0.388. The first-order chi connectivity index (χ1) is 8.72. The highest BCUT2D eigenvalue weighted by atomic mass is 16.1. The molecule has 0 N–H and O–H groups in total. The zero-order valence-corrected chi connectivity index (χ0v) is 11.4. The molecule has 0 fully saturated rings. The monoisotopic (exact) mass is 242 g/mol. The summed E-state index contributed by atoms with van der Waals surface area (Å²) in [6, 6.07) is 0. The van der Waals surface area contributed by atoms with Crippen LogP contribution < -0.4 is 0 Å². The Balaban J connectivity index is 2.51. The number of allylic oxidation sites excluding steroid dienone is 10. The maximum Gasteiger partial charge on any atom is 0.143 e. The summed E-state index contributed by atoms with van der Waals surface area (Å²) in [5.74, 6) is 0. The zero-order chi connectivity index (χ0) is 13.2. The Morgan fingerprint density at radius 1 is 1.11 bits per heavy atom. The fourth-order valence-electron chi connectivity index (χ4n) is 1.82. The largest absolute Gasteiger partial charge is 0.299 e. The van der Waals surface area contributed by atoms with E-state index in [1.165, 1.54) is 36.8 Å². The summed E-state index contributed by atoms with van der Waals surface area (Å²) in [6.07, 6.45) is 20.1. The first kappa shape index (κ1) is 14.4. The molecule has 0 spiro atoms. The minimum Gasteiger partial charge on any atom is -0.299 e. The lowest BCUT2D eigenvalue weighted by Gasteiger charge is -2.07. The highest BCUT2D eigenvalue weighted by Crippen LogP contribution is 2.18. The van der Waals surface area contributed by atoms with Gasteiger partial charge in [0.05, 0.1) is 0 Å². The second kappa shape index (κ2) is 8.46. The van der Waals surface area contributed by atoms with Crippen LogP contribution in [-0.4, -0.2) is 6.29 Å². The maximum atomic E-state index is 10.2. The highest BCUT2D eigenvalue weighted by Gasteiger charge is 1.98. The molecule has 1 aliphatic carbocycles. The van der Waals surface area contributed by atoms with E-state index in [2.05, 4.69) is 31.2 Å². The van der Waals surface area contributed by atoms with Gasteiger partial charge in [0.1, 0.15) is 6.29 Å². The minimum absolute atomic E-state index is 0.811. The molecule has 1 heteroatoms.